The number of nitrogens with zero attached hydrogens (tertiary/aromatic N) is 1. The summed E-state index contributed by atoms with van der Waals surface area (Å²) in [5.74, 6) is 0.643. The average Bonchev–Trinajstić information content (AvgIpc) is 2.92. The van der Waals surface area contributed by atoms with Gasteiger partial charge in [-0.1, -0.05) is 19.1 Å². The number of hydrogen-bond acceptors (Lipinski definition) is 3. The Kier molecular flexibility index (Phi) is 4.49. The van der Waals surface area contributed by atoms with Crippen LogP contribution in [0.5, 0.6) is 0 Å². The van der Waals surface area contributed by atoms with E-state index in [0.29, 0.717) is 18.3 Å². The van der Waals surface area contributed by atoms with E-state index in [1.165, 1.54) is 3.57 Å². The van der Waals surface area contributed by atoms with Gasteiger partial charge in [-0.3, -0.25) is 4.79 Å². The maximum absolute atomic E-state index is 12.3. The van der Waals surface area contributed by atoms with Crippen molar-refractivity contribution in [3.63, 3.8) is 0 Å². The maximum atomic E-state index is 12.3. The van der Waals surface area contributed by atoms with Gasteiger partial charge in [0.15, 0.2) is 0 Å². The van der Waals surface area contributed by atoms with Crippen molar-refractivity contribution < 1.29 is 4.79 Å². The van der Waals surface area contributed by atoms with Crippen molar-refractivity contribution in [1.29, 1.82) is 0 Å². The second-order valence-electron chi connectivity index (χ2n) is 5.86. The molecule has 1 saturated carbocycles. The fourth-order valence-electron chi connectivity index (χ4n) is 2.85. The van der Waals surface area contributed by atoms with Gasteiger partial charge in [-0.25, -0.2) is 4.98 Å². The molecule has 6 heteroatoms. The van der Waals surface area contributed by atoms with Crippen LogP contribution < -0.4 is 11.1 Å². The number of benzene rings is 1. The van der Waals surface area contributed by atoms with Crippen molar-refractivity contribution in [3.05, 3.63) is 51.6 Å². The number of halogens is 1. The molecule has 4 N–H and O–H groups in total. The minimum Gasteiger partial charge on any atom is -0.351 e. The quantitative estimate of drug-likeness (QED) is 0.658. The van der Waals surface area contributed by atoms with E-state index in [-0.39, 0.29) is 11.9 Å². The Morgan fingerprint density at radius 1 is 1.45 bits per heavy atom. The summed E-state index contributed by atoms with van der Waals surface area (Å²) in [7, 11) is 0. The van der Waals surface area contributed by atoms with Crippen LogP contribution in [0.15, 0.2) is 36.8 Å². The molecule has 1 fully saturated rings. The van der Waals surface area contributed by atoms with E-state index in [2.05, 4.69) is 44.8 Å². The largest absolute Gasteiger partial charge is 0.351 e. The first-order chi connectivity index (χ1) is 10.6. The van der Waals surface area contributed by atoms with Gasteiger partial charge in [0, 0.05) is 27.4 Å². The van der Waals surface area contributed by atoms with Crippen molar-refractivity contribution in [2.75, 3.05) is 0 Å². The van der Waals surface area contributed by atoms with E-state index in [1.807, 2.05) is 30.5 Å². The second kappa shape index (κ2) is 6.37. The molecule has 3 rings (SSSR count). The summed E-state index contributed by atoms with van der Waals surface area (Å²) in [4.78, 5) is 19.4. The summed E-state index contributed by atoms with van der Waals surface area (Å²) in [5, 5.41) is 3.06. The molecule has 0 spiro atoms. The summed E-state index contributed by atoms with van der Waals surface area (Å²) in [6.45, 7) is 2.13. The van der Waals surface area contributed by atoms with Crippen LogP contribution in [0.3, 0.4) is 0 Å². The molecule has 0 bridgehead atoms. The van der Waals surface area contributed by atoms with Crippen LogP contribution >= 0.6 is 22.6 Å². The summed E-state index contributed by atoms with van der Waals surface area (Å²) >= 11 is 2.26. The molecule has 1 aromatic carbocycles. The first-order valence-corrected chi connectivity index (χ1v) is 8.43. The minimum atomic E-state index is -0.518. The first kappa shape index (κ1) is 15.5. The molecule has 22 heavy (non-hydrogen) atoms. The monoisotopic (exact) mass is 410 g/mol. The molecule has 1 heterocycles. The Morgan fingerprint density at radius 2 is 2.18 bits per heavy atom. The van der Waals surface area contributed by atoms with E-state index in [4.69, 9.17) is 5.73 Å². The van der Waals surface area contributed by atoms with Gasteiger partial charge in [0.25, 0.3) is 0 Å². The van der Waals surface area contributed by atoms with Crippen molar-refractivity contribution >= 4 is 28.5 Å². The van der Waals surface area contributed by atoms with E-state index in [9.17, 15) is 4.79 Å². The van der Waals surface area contributed by atoms with Crippen molar-refractivity contribution in [2.45, 2.75) is 31.3 Å². The molecule has 116 valence electrons. The molecular weight excluding hydrogens is 391 g/mol. The SMILES string of the molecule is C[C@H]1[C@@H](NC(=O)[C@H](N)Cc2ccc(I)cc2)[C@@H]1c1cnc[nH]1. The molecule has 1 amide bonds. The van der Waals surface area contributed by atoms with Crippen LogP contribution in [0.2, 0.25) is 0 Å². The van der Waals surface area contributed by atoms with Crippen LogP contribution in [0.4, 0.5) is 0 Å². The highest BCUT2D eigenvalue weighted by Crippen LogP contribution is 2.46. The van der Waals surface area contributed by atoms with Gasteiger partial charge < -0.3 is 16.0 Å². The number of amides is 1. The predicted octanol–water partition coefficient (Wildman–Crippen LogP) is 1.80. The molecule has 5 nitrogen and oxygen atoms in total. The van der Waals surface area contributed by atoms with E-state index in [1.54, 1.807) is 6.33 Å². The Labute approximate surface area is 143 Å². The molecule has 1 aromatic heterocycles. The topological polar surface area (TPSA) is 83.8 Å². The van der Waals surface area contributed by atoms with E-state index >= 15 is 0 Å². The predicted molar refractivity (Wildman–Crippen MR) is 93.3 cm³/mol. The van der Waals surface area contributed by atoms with E-state index < -0.39 is 6.04 Å². The lowest BCUT2D eigenvalue weighted by molar-refractivity contribution is -0.122. The van der Waals surface area contributed by atoms with Crippen LogP contribution in [-0.4, -0.2) is 28.0 Å². The maximum Gasteiger partial charge on any atom is 0.237 e. The number of aromatic amines is 1. The zero-order valence-corrected chi connectivity index (χ0v) is 14.4. The number of imidazole rings is 1. The van der Waals surface area contributed by atoms with Crippen molar-refractivity contribution in [1.82, 2.24) is 15.3 Å². The van der Waals surface area contributed by atoms with Crippen molar-refractivity contribution in [2.24, 2.45) is 11.7 Å². The summed E-state index contributed by atoms with van der Waals surface area (Å²) in [6.07, 6.45) is 4.04. The zero-order valence-electron chi connectivity index (χ0n) is 12.3. The molecule has 0 radical (unpaired) electrons. The smallest absolute Gasteiger partial charge is 0.237 e. The summed E-state index contributed by atoms with van der Waals surface area (Å²) in [5.41, 5.74) is 8.19. The number of aromatic nitrogens is 2. The molecule has 1 aliphatic rings. The third kappa shape index (κ3) is 3.33. The Morgan fingerprint density at radius 3 is 2.82 bits per heavy atom. The molecule has 4 atom stereocenters. The van der Waals surface area contributed by atoms with Gasteiger partial charge >= 0.3 is 0 Å². The van der Waals surface area contributed by atoms with Gasteiger partial charge in [0.2, 0.25) is 5.91 Å². The number of hydrogen-bond donors (Lipinski definition) is 3. The van der Waals surface area contributed by atoms with Crippen LogP contribution in [0.1, 0.15) is 24.1 Å². The number of carbonyl (C=O) groups excluding carboxylic acids is 1. The lowest BCUT2D eigenvalue weighted by Gasteiger charge is -2.12. The van der Waals surface area contributed by atoms with Gasteiger partial charge in [0.1, 0.15) is 0 Å². The molecule has 0 unspecified atom stereocenters. The third-order valence-corrected chi connectivity index (χ3v) is 4.99. The molecule has 2 aromatic rings. The first-order valence-electron chi connectivity index (χ1n) is 7.35. The summed E-state index contributed by atoms with van der Waals surface area (Å²) < 4.78 is 1.17. The number of nitrogens with one attached hydrogen (secondary N) is 2. The average molecular weight is 410 g/mol. The van der Waals surface area contributed by atoms with Gasteiger partial charge in [0.05, 0.1) is 12.4 Å². The Hall–Kier alpha value is -1.41. The standard InChI is InChI=1S/C16H19IN4O/c1-9-14(13-7-19-8-20-13)15(9)21-16(22)12(18)6-10-2-4-11(17)5-3-10/h2-5,7-9,12,14-15H,6,18H2,1H3,(H,19,20)(H,21,22)/t9-,12-,14+,15-/m1/s1. The fourth-order valence-corrected chi connectivity index (χ4v) is 3.21. The third-order valence-electron chi connectivity index (χ3n) is 4.27. The summed E-state index contributed by atoms with van der Waals surface area (Å²) in [6, 6.07) is 7.71. The number of carbonyl (C=O) groups is 1. The van der Waals surface area contributed by atoms with Gasteiger partial charge in [-0.05, 0) is 52.6 Å². The van der Waals surface area contributed by atoms with Gasteiger partial charge in [-0.15, -0.1) is 0 Å². The zero-order chi connectivity index (χ0) is 15.7. The lowest BCUT2D eigenvalue weighted by Crippen LogP contribution is -2.43. The van der Waals surface area contributed by atoms with E-state index in [0.717, 1.165) is 11.3 Å². The minimum absolute atomic E-state index is 0.0857. The van der Waals surface area contributed by atoms with Crippen LogP contribution in [0.25, 0.3) is 0 Å². The fraction of sp³-hybridized carbons (Fsp3) is 0.375. The highest BCUT2D eigenvalue weighted by atomic mass is 127. The lowest BCUT2D eigenvalue weighted by atomic mass is 10.1. The van der Waals surface area contributed by atoms with Crippen LogP contribution in [-0.2, 0) is 11.2 Å². The molecule has 0 saturated heterocycles. The second-order valence-corrected chi connectivity index (χ2v) is 7.11. The Bertz CT molecular complexity index is 641. The molecule has 0 aliphatic heterocycles. The Balaban J connectivity index is 1.55. The highest BCUT2D eigenvalue weighted by Gasteiger charge is 2.49. The van der Waals surface area contributed by atoms with Gasteiger partial charge in [-0.2, -0.15) is 0 Å². The number of rotatable bonds is 5. The normalized spacial score (nSPS) is 24.8. The number of nitrogens with two attached hydrogens (primary N) is 1. The molecule has 1 aliphatic carbocycles. The van der Waals surface area contributed by atoms with Crippen LogP contribution in [0, 0.1) is 9.49 Å². The highest BCUT2D eigenvalue weighted by molar-refractivity contribution is 14.1. The van der Waals surface area contributed by atoms with Crippen molar-refractivity contribution in [3.8, 4) is 0 Å². The number of H-pyrrole nitrogens is 1. The molecular formula is C16H19IN4O.